The molecular weight excluding hydrogens is 458 g/mol. The van der Waals surface area contributed by atoms with Crippen LogP contribution in [0.3, 0.4) is 0 Å². The Kier molecular flexibility index (Phi) is 7.02. The van der Waals surface area contributed by atoms with Crippen LogP contribution in [0.1, 0.15) is 41.6 Å². The lowest BCUT2D eigenvalue weighted by molar-refractivity contribution is 0.104. The van der Waals surface area contributed by atoms with Crippen LogP contribution >= 0.6 is 11.3 Å². The van der Waals surface area contributed by atoms with Crippen LogP contribution in [0.25, 0.3) is 20.5 Å². The molecule has 1 atom stereocenters. The first-order valence-corrected chi connectivity index (χ1v) is 12.8. The molecule has 6 heteroatoms. The smallest absolute Gasteiger partial charge is 0.195 e. The first-order valence-electron chi connectivity index (χ1n) is 12.0. The summed E-state index contributed by atoms with van der Waals surface area (Å²) in [4.78, 5) is 14.6. The molecule has 1 aliphatic rings. The Bertz CT molecular complexity index is 1310. The number of fused-ring (bicyclic) bond motifs is 1. The van der Waals surface area contributed by atoms with Gasteiger partial charge in [-0.15, -0.1) is 11.3 Å². The summed E-state index contributed by atoms with van der Waals surface area (Å²) in [7, 11) is 1.63. The van der Waals surface area contributed by atoms with Gasteiger partial charge in [0, 0.05) is 32.1 Å². The van der Waals surface area contributed by atoms with Gasteiger partial charge in [0.1, 0.15) is 17.2 Å². The molecule has 2 heterocycles. The quantitative estimate of drug-likeness (QED) is 0.281. The van der Waals surface area contributed by atoms with Crippen LogP contribution in [-0.2, 0) is 0 Å². The molecule has 1 unspecified atom stereocenters. The molecule has 2 N–H and O–H groups in total. The summed E-state index contributed by atoms with van der Waals surface area (Å²) < 4.78 is 12.1. The fourth-order valence-corrected chi connectivity index (χ4v) is 5.83. The maximum atomic E-state index is 13.7. The Morgan fingerprint density at radius 1 is 1.03 bits per heavy atom. The molecular formula is C29H29NO4S. The highest BCUT2D eigenvalue weighted by molar-refractivity contribution is 7.22. The highest BCUT2D eigenvalue weighted by Crippen LogP contribution is 2.41. The number of thiophene rings is 1. The van der Waals surface area contributed by atoms with Crippen LogP contribution in [0.15, 0.2) is 66.7 Å². The predicted molar refractivity (Wildman–Crippen MR) is 141 cm³/mol. The van der Waals surface area contributed by atoms with Crippen LogP contribution in [0.5, 0.6) is 17.2 Å². The van der Waals surface area contributed by atoms with Gasteiger partial charge in [-0.25, -0.2) is 0 Å². The Hall–Kier alpha value is -3.35. The minimum Gasteiger partial charge on any atom is -0.508 e. The van der Waals surface area contributed by atoms with Crippen molar-refractivity contribution in [2.45, 2.75) is 31.7 Å². The van der Waals surface area contributed by atoms with E-state index < -0.39 is 0 Å². The Morgan fingerprint density at radius 3 is 2.51 bits per heavy atom. The van der Waals surface area contributed by atoms with Gasteiger partial charge < -0.3 is 19.9 Å². The summed E-state index contributed by atoms with van der Waals surface area (Å²) in [5.74, 6) is 1.66. The second-order valence-corrected chi connectivity index (χ2v) is 9.90. The standard InChI is InChI=1S/C29H29NO4S/c1-33-23-10-7-20(8-11-23)29-27(25-14-9-22(31)18-26(25)35-29)28(32)19-5-12-24(13-6-19)34-17-15-21-4-2-3-16-30-21/h5-14,18,21,30-31H,2-4,15-17H2,1H3. The molecule has 0 spiro atoms. The van der Waals surface area contributed by atoms with Gasteiger partial charge >= 0.3 is 0 Å². The first-order chi connectivity index (χ1) is 17.1. The molecule has 0 bridgehead atoms. The SMILES string of the molecule is COc1ccc(-c2sc3cc(O)ccc3c2C(=O)c2ccc(OCCC3CCCCN3)cc2)cc1. The van der Waals surface area contributed by atoms with Crippen molar-refractivity contribution in [3.63, 3.8) is 0 Å². The molecule has 5 nitrogen and oxygen atoms in total. The van der Waals surface area contributed by atoms with E-state index in [0.29, 0.717) is 23.8 Å². The fraction of sp³-hybridized carbons (Fsp3) is 0.276. The number of carbonyl (C=O) groups excluding carboxylic acids is 1. The van der Waals surface area contributed by atoms with Gasteiger partial charge in [0.05, 0.1) is 13.7 Å². The summed E-state index contributed by atoms with van der Waals surface area (Å²) in [6, 6.07) is 20.8. The molecule has 0 amide bonds. The number of ether oxygens (including phenoxy) is 2. The van der Waals surface area contributed by atoms with Gasteiger partial charge in [-0.05, 0) is 98.1 Å². The van der Waals surface area contributed by atoms with Crippen molar-refractivity contribution in [2.24, 2.45) is 0 Å². The number of carbonyl (C=O) groups is 1. The highest BCUT2D eigenvalue weighted by atomic mass is 32.1. The molecule has 0 aliphatic carbocycles. The number of piperidine rings is 1. The number of rotatable bonds is 8. The monoisotopic (exact) mass is 487 g/mol. The molecule has 1 saturated heterocycles. The third-order valence-electron chi connectivity index (χ3n) is 6.52. The third-order valence-corrected chi connectivity index (χ3v) is 7.72. The second kappa shape index (κ2) is 10.5. The molecule has 180 valence electrons. The molecule has 5 rings (SSSR count). The van der Waals surface area contributed by atoms with Crippen LogP contribution < -0.4 is 14.8 Å². The van der Waals surface area contributed by atoms with E-state index in [1.165, 1.54) is 30.6 Å². The van der Waals surface area contributed by atoms with Gasteiger partial charge in [-0.1, -0.05) is 6.42 Å². The zero-order valence-electron chi connectivity index (χ0n) is 19.8. The number of nitrogens with one attached hydrogen (secondary N) is 1. The minimum absolute atomic E-state index is 0.0503. The van der Waals surface area contributed by atoms with Crippen LogP contribution in [0.4, 0.5) is 0 Å². The number of methoxy groups -OCH3 is 1. The van der Waals surface area contributed by atoms with E-state index in [1.54, 1.807) is 19.2 Å². The van der Waals surface area contributed by atoms with Gasteiger partial charge in [0.25, 0.3) is 0 Å². The largest absolute Gasteiger partial charge is 0.508 e. The average molecular weight is 488 g/mol. The van der Waals surface area contributed by atoms with E-state index >= 15 is 0 Å². The molecule has 0 radical (unpaired) electrons. The van der Waals surface area contributed by atoms with E-state index in [0.717, 1.165) is 45.0 Å². The van der Waals surface area contributed by atoms with Crippen molar-refractivity contribution in [3.8, 4) is 27.7 Å². The number of phenolic OH excluding ortho intramolecular Hbond substituents is 1. The van der Waals surface area contributed by atoms with Crippen molar-refractivity contribution in [1.29, 1.82) is 0 Å². The summed E-state index contributed by atoms with van der Waals surface area (Å²) >= 11 is 1.50. The predicted octanol–water partition coefficient (Wildman–Crippen LogP) is 6.42. The van der Waals surface area contributed by atoms with Crippen molar-refractivity contribution >= 4 is 27.2 Å². The lowest BCUT2D eigenvalue weighted by Crippen LogP contribution is -2.35. The van der Waals surface area contributed by atoms with E-state index in [1.807, 2.05) is 54.6 Å². The topological polar surface area (TPSA) is 67.8 Å². The number of hydrogen-bond acceptors (Lipinski definition) is 6. The maximum Gasteiger partial charge on any atom is 0.195 e. The number of benzene rings is 3. The highest BCUT2D eigenvalue weighted by Gasteiger charge is 2.22. The molecule has 35 heavy (non-hydrogen) atoms. The van der Waals surface area contributed by atoms with Crippen molar-refractivity contribution in [1.82, 2.24) is 5.32 Å². The van der Waals surface area contributed by atoms with Crippen molar-refractivity contribution in [3.05, 3.63) is 77.9 Å². The average Bonchev–Trinajstić information content (AvgIpc) is 3.28. The van der Waals surface area contributed by atoms with Gasteiger partial charge in [0.15, 0.2) is 5.78 Å². The van der Waals surface area contributed by atoms with Gasteiger partial charge in [-0.3, -0.25) is 4.79 Å². The molecule has 1 fully saturated rings. The Balaban J connectivity index is 1.39. The van der Waals surface area contributed by atoms with Gasteiger partial charge in [-0.2, -0.15) is 0 Å². The van der Waals surface area contributed by atoms with E-state index in [-0.39, 0.29) is 11.5 Å². The van der Waals surface area contributed by atoms with Crippen LogP contribution in [-0.4, -0.2) is 37.2 Å². The summed E-state index contributed by atoms with van der Waals surface area (Å²) in [5, 5.41) is 14.4. The second-order valence-electron chi connectivity index (χ2n) is 8.85. The van der Waals surface area contributed by atoms with Crippen LogP contribution in [0.2, 0.25) is 0 Å². The fourth-order valence-electron chi connectivity index (χ4n) is 4.59. The summed E-state index contributed by atoms with van der Waals surface area (Å²) in [5.41, 5.74) is 2.19. The molecule has 4 aromatic rings. The van der Waals surface area contributed by atoms with E-state index in [4.69, 9.17) is 9.47 Å². The number of hydrogen-bond donors (Lipinski definition) is 2. The van der Waals surface area contributed by atoms with Crippen molar-refractivity contribution in [2.75, 3.05) is 20.3 Å². The molecule has 1 aliphatic heterocycles. The first kappa shape index (κ1) is 23.4. The molecule has 0 saturated carbocycles. The summed E-state index contributed by atoms with van der Waals surface area (Å²) in [6.45, 7) is 1.75. The maximum absolute atomic E-state index is 13.7. The van der Waals surface area contributed by atoms with Crippen LogP contribution in [0, 0.1) is 0 Å². The molecule has 3 aromatic carbocycles. The summed E-state index contributed by atoms with van der Waals surface area (Å²) in [6.07, 6.45) is 4.73. The zero-order chi connectivity index (χ0) is 24.2. The van der Waals surface area contributed by atoms with E-state index in [9.17, 15) is 9.90 Å². The Labute approximate surface area is 209 Å². The number of aromatic hydroxyl groups is 1. The normalized spacial score (nSPS) is 15.7. The Morgan fingerprint density at radius 2 is 1.80 bits per heavy atom. The third kappa shape index (κ3) is 5.19. The number of phenols is 1. The molecule has 1 aromatic heterocycles. The lowest BCUT2D eigenvalue weighted by atomic mass is 9.97. The number of ketones is 1. The van der Waals surface area contributed by atoms with E-state index in [2.05, 4.69) is 5.32 Å². The zero-order valence-corrected chi connectivity index (χ0v) is 20.6. The minimum atomic E-state index is -0.0503. The van der Waals surface area contributed by atoms with Gasteiger partial charge in [0.2, 0.25) is 0 Å². The van der Waals surface area contributed by atoms with Crippen molar-refractivity contribution < 1.29 is 19.4 Å². The lowest BCUT2D eigenvalue weighted by Gasteiger charge is -2.23.